The summed E-state index contributed by atoms with van der Waals surface area (Å²) in [6, 6.07) is 51.3. The monoisotopic (exact) mass is 890 g/mol. The summed E-state index contributed by atoms with van der Waals surface area (Å²) in [4.78, 5) is 0. The van der Waals surface area contributed by atoms with Gasteiger partial charge in [-0.2, -0.15) is 6.08 Å². The maximum absolute atomic E-state index is 3.96. The zero-order valence-electron chi connectivity index (χ0n) is 39.7. The minimum absolute atomic E-state index is 0.00785. The van der Waals surface area contributed by atoms with Crippen LogP contribution in [-0.2, 0) is 65.2 Å². The topological polar surface area (TPSA) is 0 Å². The molecular weight excluding hydrogens is 824 g/mol. The van der Waals surface area contributed by atoms with E-state index in [1.807, 2.05) is 12.2 Å². The predicted molar refractivity (Wildman–Crippen MR) is 266 cm³/mol. The van der Waals surface area contributed by atoms with Gasteiger partial charge in [-0.1, -0.05) is 160 Å². The van der Waals surface area contributed by atoms with Crippen molar-refractivity contribution >= 4 is 3.21 Å². The minimum atomic E-state index is 0.00785. The van der Waals surface area contributed by atoms with Crippen LogP contribution in [-0.4, -0.2) is 3.21 Å². The fourth-order valence-electron chi connectivity index (χ4n) is 8.25. The molecule has 1 heteroatoms. The fourth-order valence-corrected chi connectivity index (χ4v) is 9.26. The zero-order valence-corrected chi connectivity index (χ0v) is 42.1. The van der Waals surface area contributed by atoms with Crippen molar-refractivity contribution in [3.8, 4) is 33.4 Å². The Morgan fingerprint density at radius 1 is 0.516 bits per heavy atom. The third-order valence-electron chi connectivity index (χ3n) is 11.9. The van der Waals surface area contributed by atoms with E-state index in [0.29, 0.717) is 0 Å². The summed E-state index contributed by atoms with van der Waals surface area (Å²) in [5, 5.41) is 0. The first-order valence-electron chi connectivity index (χ1n) is 22.5. The van der Waals surface area contributed by atoms with E-state index in [-0.39, 0.29) is 21.7 Å². The molecule has 0 spiro atoms. The molecule has 0 bridgehead atoms. The molecule has 62 heavy (non-hydrogen) atoms. The molecule has 0 N–H and O–H groups in total. The molecule has 0 aliphatic heterocycles. The quantitative estimate of drug-likeness (QED) is 0.146. The van der Waals surface area contributed by atoms with Crippen LogP contribution in [0.2, 0.25) is 0 Å². The molecule has 0 radical (unpaired) electrons. The number of fused-ring (bicyclic) bond motifs is 3. The van der Waals surface area contributed by atoms with E-state index in [4.69, 9.17) is 0 Å². The zero-order chi connectivity index (χ0) is 44.9. The van der Waals surface area contributed by atoms with Crippen LogP contribution in [0.5, 0.6) is 0 Å². The van der Waals surface area contributed by atoms with E-state index in [9.17, 15) is 0 Å². The molecule has 8 rings (SSSR count). The van der Waals surface area contributed by atoms with Crippen molar-refractivity contribution in [1.29, 1.82) is 0 Å². The second kappa shape index (κ2) is 19.5. The van der Waals surface area contributed by atoms with Crippen LogP contribution in [0.3, 0.4) is 0 Å². The fraction of sp³-hybridized carbons (Fsp3) is 0.328. The van der Waals surface area contributed by atoms with Gasteiger partial charge in [0.15, 0.2) is 0 Å². The van der Waals surface area contributed by atoms with Gasteiger partial charge >= 0.3 is 112 Å². The summed E-state index contributed by atoms with van der Waals surface area (Å²) in [5.74, 6) is 0. The summed E-state index contributed by atoms with van der Waals surface area (Å²) in [6.45, 7) is 27.7. The molecule has 6 aromatic carbocycles. The van der Waals surface area contributed by atoms with Crippen LogP contribution in [0.25, 0.3) is 33.4 Å². The Balaban J connectivity index is 0.000000249. The molecule has 0 saturated carbocycles. The van der Waals surface area contributed by atoms with Crippen molar-refractivity contribution in [3.05, 3.63) is 202 Å². The molecule has 0 amide bonds. The average molecular weight is 892 g/mol. The van der Waals surface area contributed by atoms with Crippen molar-refractivity contribution in [3.63, 3.8) is 0 Å². The van der Waals surface area contributed by atoms with Crippen LogP contribution in [0.1, 0.15) is 134 Å². The van der Waals surface area contributed by atoms with Crippen molar-refractivity contribution in [2.45, 2.75) is 130 Å². The van der Waals surface area contributed by atoms with Crippen LogP contribution in [0, 0.1) is 12.1 Å². The van der Waals surface area contributed by atoms with E-state index in [1.165, 1.54) is 77.9 Å². The molecule has 316 valence electrons. The number of rotatable bonds is 6. The number of hydrogen-bond acceptors (Lipinski definition) is 0. The van der Waals surface area contributed by atoms with Crippen molar-refractivity contribution in [1.82, 2.24) is 0 Å². The van der Waals surface area contributed by atoms with Gasteiger partial charge in [-0.25, -0.2) is 12.2 Å². The van der Waals surface area contributed by atoms with Crippen LogP contribution in [0.15, 0.2) is 146 Å². The SMILES string of the molecule is CC(C)(C)c1ccc(-c2[c-]c3c(cc2C(C)(C)C)-c2cc(C(C)(C)C)c(-c4ccc(C(C)(C)C)cc4)cc2C3)cc1.[C-]1=CC=CC1.[Zr+2]=[C](Cc1ccccc1)Cc1ccccc1. The normalized spacial score (nSPS) is 13.1. The molecule has 0 heterocycles. The average Bonchev–Trinajstić information content (AvgIpc) is 3.92. The Morgan fingerprint density at radius 2 is 1.00 bits per heavy atom. The molecule has 0 aromatic heterocycles. The van der Waals surface area contributed by atoms with E-state index >= 15 is 0 Å². The van der Waals surface area contributed by atoms with Gasteiger partial charge in [0.2, 0.25) is 0 Å². The summed E-state index contributed by atoms with van der Waals surface area (Å²) < 4.78 is 1.60. The second-order valence-electron chi connectivity index (χ2n) is 21.3. The number of hydrogen-bond donors (Lipinski definition) is 0. The van der Waals surface area contributed by atoms with E-state index in [2.05, 4.69) is 229 Å². The van der Waals surface area contributed by atoms with Crippen molar-refractivity contribution < 1.29 is 24.2 Å². The molecule has 0 fully saturated rings. The Kier molecular flexibility index (Phi) is 14.8. The van der Waals surface area contributed by atoms with Crippen molar-refractivity contribution in [2.24, 2.45) is 0 Å². The Hall–Kier alpha value is -4.45. The molecule has 2 aliphatic carbocycles. The third kappa shape index (κ3) is 12.2. The summed E-state index contributed by atoms with van der Waals surface area (Å²) >= 11 is 1.55. The van der Waals surface area contributed by atoms with Gasteiger partial charge < -0.3 is 0 Å². The van der Waals surface area contributed by atoms with Crippen LogP contribution >= 0.6 is 0 Å². The molecule has 0 saturated heterocycles. The first-order valence-corrected chi connectivity index (χ1v) is 23.8. The van der Waals surface area contributed by atoms with E-state index in [0.717, 1.165) is 25.7 Å². The van der Waals surface area contributed by atoms with Gasteiger partial charge in [0.1, 0.15) is 0 Å². The van der Waals surface area contributed by atoms with Crippen LogP contribution in [0.4, 0.5) is 0 Å². The predicted octanol–water partition coefficient (Wildman–Crippen LogP) is 16.1. The van der Waals surface area contributed by atoms with Gasteiger partial charge in [-0.3, -0.25) is 6.08 Å². The summed E-state index contributed by atoms with van der Waals surface area (Å²) in [5.41, 5.74) is 19.3. The second-order valence-corrected chi connectivity index (χ2v) is 23.0. The Morgan fingerprint density at radius 3 is 1.42 bits per heavy atom. The Labute approximate surface area is 391 Å². The number of benzene rings is 6. The van der Waals surface area contributed by atoms with Gasteiger partial charge in [-0.05, 0) is 61.5 Å². The van der Waals surface area contributed by atoms with Crippen molar-refractivity contribution in [2.75, 3.05) is 0 Å². The summed E-state index contributed by atoms with van der Waals surface area (Å²) in [7, 11) is 0. The third-order valence-corrected chi connectivity index (χ3v) is 12.8. The maximum atomic E-state index is 3.96. The molecule has 0 atom stereocenters. The van der Waals surface area contributed by atoms with Gasteiger partial charge in [0.05, 0.1) is 0 Å². The molecular formula is C61H68Zr. The van der Waals surface area contributed by atoms with E-state index < -0.39 is 0 Å². The first-order chi connectivity index (χ1) is 29.2. The molecule has 2 aliphatic rings. The van der Waals surface area contributed by atoms with E-state index in [1.54, 1.807) is 27.4 Å². The van der Waals surface area contributed by atoms with Gasteiger partial charge in [0, 0.05) is 0 Å². The Bertz CT molecular complexity index is 2320. The van der Waals surface area contributed by atoms with Gasteiger partial charge in [0.25, 0.3) is 0 Å². The van der Waals surface area contributed by atoms with Crippen LogP contribution < -0.4 is 0 Å². The molecule has 6 aromatic rings. The molecule has 0 unspecified atom stereocenters. The molecule has 0 nitrogen and oxygen atoms in total. The standard InChI is InChI=1S/C41H49.C15H14.C5H5.Zr/c1-38(2,3)30-17-13-26(14-18-30)34-22-28-21-29-23-35(27-15-19-31(20-16-27)39(4,5)6)37(41(10,11)12)25-33(29)32(28)24-36(34)40(7,8)9;1-3-8-14(9-4-1)12-7-13-15-10-5-2-6-11-15;1-2-4-5-3-1;/h13-20,22,24-25H,21H2,1-12H3;1-6,8-11H,12-13H2;1-3H,4H2;/q-1;;-1;+2. The summed E-state index contributed by atoms with van der Waals surface area (Å²) in [6.07, 6.45) is 13.2. The van der Waals surface area contributed by atoms with Gasteiger partial charge in [-0.15, -0.1) is 35.2 Å². The first kappa shape index (κ1) is 47.0. The number of allylic oxidation sites excluding steroid dienone is 4.